The van der Waals surface area contributed by atoms with Crippen molar-refractivity contribution < 1.29 is 9.53 Å². The summed E-state index contributed by atoms with van der Waals surface area (Å²) in [5.74, 6) is 1.00. The zero-order valence-electron chi connectivity index (χ0n) is 15.7. The second-order valence-electron chi connectivity index (χ2n) is 7.56. The van der Waals surface area contributed by atoms with E-state index in [1.54, 1.807) is 13.1 Å². The molecule has 2 aromatic heterocycles. The SMILES string of the molecule is CC(=O)N1C2CCC1CN(Cc1ccc(Oc3nc4ncccc4s3)cc1)C2. The van der Waals surface area contributed by atoms with Gasteiger partial charge in [0.05, 0.1) is 4.70 Å². The number of benzene rings is 1. The summed E-state index contributed by atoms with van der Waals surface area (Å²) in [5.41, 5.74) is 1.98. The highest BCUT2D eigenvalue weighted by molar-refractivity contribution is 7.20. The van der Waals surface area contributed by atoms with E-state index < -0.39 is 0 Å². The number of likely N-dealkylation sites (tertiary alicyclic amines) is 1. The van der Waals surface area contributed by atoms with Gasteiger partial charge in [-0.05, 0) is 42.7 Å². The summed E-state index contributed by atoms with van der Waals surface area (Å²) in [4.78, 5) is 25.1. The maximum atomic E-state index is 11.9. The average molecular weight is 395 g/mol. The van der Waals surface area contributed by atoms with Crippen LogP contribution in [0, 0.1) is 0 Å². The minimum absolute atomic E-state index is 0.221. The summed E-state index contributed by atoms with van der Waals surface area (Å²) in [7, 11) is 0. The monoisotopic (exact) mass is 394 g/mol. The van der Waals surface area contributed by atoms with Crippen molar-refractivity contribution in [2.75, 3.05) is 13.1 Å². The number of rotatable bonds is 4. The first-order chi connectivity index (χ1) is 13.7. The molecule has 5 rings (SSSR count). The molecule has 144 valence electrons. The van der Waals surface area contributed by atoms with E-state index in [1.165, 1.54) is 16.9 Å². The van der Waals surface area contributed by atoms with E-state index in [1.807, 2.05) is 24.3 Å². The highest BCUT2D eigenvalue weighted by atomic mass is 32.1. The van der Waals surface area contributed by atoms with E-state index in [2.05, 4.69) is 31.9 Å². The van der Waals surface area contributed by atoms with Crippen molar-refractivity contribution >= 4 is 27.6 Å². The lowest BCUT2D eigenvalue weighted by atomic mass is 10.1. The van der Waals surface area contributed by atoms with Gasteiger partial charge < -0.3 is 9.64 Å². The molecule has 0 spiro atoms. The van der Waals surface area contributed by atoms with Gasteiger partial charge in [0, 0.05) is 44.8 Å². The molecular formula is C21H22N4O2S. The lowest BCUT2D eigenvalue weighted by molar-refractivity contribution is -0.134. The normalized spacial score (nSPS) is 22.0. The summed E-state index contributed by atoms with van der Waals surface area (Å²) < 4.78 is 6.92. The van der Waals surface area contributed by atoms with Crippen molar-refractivity contribution in [3.05, 3.63) is 48.2 Å². The number of carbonyl (C=O) groups is 1. The van der Waals surface area contributed by atoms with Crippen molar-refractivity contribution in [1.29, 1.82) is 0 Å². The lowest BCUT2D eigenvalue weighted by Crippen LogP contribution is -2.54. The molecule has 2 atom stereocenters. The number of fused-ring (bicyclic) bond motifs is 3. The fourth-order valence-corrected chi connectivity index (χ4v) is 5.24. The molecule has 6 nitrogen and oxygen atoms in total. The molecule has 3 aromatic rings. The Balaban J connectivity index is 1.23. The predicted molar refractivity (Wildman–Crippen MR) is 109 cm³/mol. The molecule has 2 bridgehead atoms. The maximum absolute atomic E-state index is 11.9. The van der Waals surface area contributed by atoms with Crippen molar-refractivity contribution in [3.63, 3.8) is 0 Å². The smallest absolute Gasteiger partial charge is 0.281 e. The van der Waals surface area contributed by atoms with E-state index in [4.69, 9.17) is 4.74 Å². The Bertz CT molecular complexity index is 956. The second kappa shape index (κ2) is 7.14. The second-order valence-corrected chi connectivity index (χ2v) is 8.55. The van der Waals surface area contributed by atoms with Crippen LogP contribution < -0.4 is 4.74 Å². The molecule has 1 amide bonds. The third-order valence-corrected chi connectivity index (χ3v) is 6.49. The van der Waals surface area contributed by atoms with E-state index in [0.29, 0.717) is 17.3 Å². The Morgan fingerprint density at radius 1 is 1.18 bits per heavy atom. The summed E-state index contributed by atoms with van der Waals surface area (Å²) in [6.45, 7) is 4.53. The zero-order valence-corrected chi connectivity index (χ0v) is 16.6. The van der Waals surface area contributed by atoms with Gasteiger partial charge in [-0.25, -0.2) is 4.98 Å². The molecule has 0 N–H and O–H groups in total. The first kappa shape index (κ1) is 17.6. The van der Waals surface area contributed by atoms with Crippen LogP contribution in [0.25, 0.3) is 10.3 Å². The molecule has 2 aliphatic heterocycles. The number of piperazine rings is 1. The van der Waals surface area contributed by atoms with Crippen molar-refractivity contribution in [2.45, 2.75) is 38.4 Å². The molecule has 2 saturated heterocycles. The maximum Gasteiger partial charge on any atom is 0.281 e. The number of aromatic nitrogens is 2. The quantitative estimate of drug-likeness (QED) is 0.676. The average Bonchev–Trinajstić information content (AvgIpc) is 3.21. The Kier molecular flexibility index (Phi) is 4.49. The van der Waals surface area contributed by atoms with E-state index >= 15 is 0 Å². The minimum atomic E-state index is 0.221. The summed E-state index contributed by atoms with van der Waals surface area (Å²) in [6, 6.07) is 12.9. The van der Waals surface area contributed by atoms with Crippen LogP contribution in [0.5, 0.6) is 10.9 Å². The Morgan fingerprint density at radius 2 is 1.93 bits per heavy atom. The molecule has 0 aliphatic carbocycles. The molecule has 28 heavy (non-hydrogen) atoms. The molecule has 1 aromatic carbocycles. The molecule has 2 aliphatic rings. The largest absolute Gasteiger partial charge is 0.431 e. The van der Waals surface area contributed by atoms with Gasteiger partial charge in [0.1, 0.15) is 5.75 Å². The fourth-order valence-electron chi connectivity index (χ4n) is 4.45. The number of thiazole rings is 1. The van der Waals surface area contributed by atoms with E-state index in [-0.39, 0.29) is 5.91 Å². The molecule has 4 heterocycles. The van der Waals surface area contributed by atoms with Gasteiger partial charge in [0.2, 0.25) is 5.91 Å². The van der Waals surface area contributed by atoms with Crippen LogP contribution in [0.1, 0.15) is 25.3 Å². The zero-order chi connectivity index (χ0) is 19.1. The Morgan fingerprint density at radius 3 is 2.61 bits per heavy atom. The van der Waals surface area contributed by atoms with Gasteiger partial charge in [-0.3, -0.25) is 9.69 Å². The van der Waals surface area contributed by atoms with Crippen molar-refractivity contribution in [3.8, 4) is 10.9 Å². The third kappa shape index (κ3) is 3.36. The molecule has 0 saturated carbocycles. The Hall–Kier alpha value is -2.51. The van der Waals surface area contributed by atoms with Gasteiger partial charge in [-0.15, -0.1) is 0 Å². The van der Waals surface area contributed by atoms with Crippen molar-refractivity contribution in [2.24, 2.45) is 0 Å². The van der Waals surface area contributed by atoms with Crippen LogP contribution >= 0.6 is 11.3 Å². The predicted octanol–water partition coefficient (Wildman–Crippen LogP) is 3.68. The number of amides is 1. The molecule has 7 heteroatoms. The lowest BCUT2D eigenvalue weighted by Gasteiger charge is -2.40. The van der Waals surface area contributed by atoms with Crippen LogP contribution in [0.4, 0.5) is 0 Å². The number of hydrogen-bond acceptors (Lipinski definition) is 6. The van der Waals surface area contributed by atoms with Gasteiger partial charge in [-0.1, -0.05) is 23.5 Å². The molecule has 2 fully saturated rings. The number of hydrogen-bond donors (Lipinski definition) is 0. The van der Waals surface area contributed by atoms with Crippen LogP contribution in [-0.4, -0.2) is 50.8 Å². The van der Waals surface area contributed by atoms with E-state index in [0.717, 1.165) is 48.6 Å². The highest BCUT2D eigenvalue weighted by Crippen LogP contribution is 2.32. The number of carbonyl (C=O) groups excluding carboxylic acids is 1. The summed E-state index contributed by atoms with van der Waals surface area (Å²) in [6.07, 6.45) is 4.00. The summed E-state index contributed by atoms with van der Waals surface area (Å²) in [5, 5.41) is 0.610. The van der Waals surface area contributed by atoms with Crippen LogP contribution in [0.3, 0.4) is 0 Å². The van der Waals surface area contributed by atoms with Gasteiger partial charge in [0.25, 0.3) is 5.19 Å². The van der Waals surface area contributed by atoms with Crippen LogP contribution in [-0.2, 0) is 11.3 Å². The van der Waals surface area contributed by atoms with Gasteiger partial charge in [-0.2, -0.15) is 4.98 Å². The standard InChI is InChI=1S/C21H22N4O2S/c1-14(26)25-16-6-7-17(25)13-24(12-16)11-15-4-8-18(9-5-15)27-21-23-20-19(28-21)3-2-10-22-20/h2-5,8-10,16-17H,6-7,11-13H2,1H3. The molecule has 0 radical (unpaired) electrons. The number of pyridine rings is 1. The fraction of sp³-hybridized carbons (Fsp3) is 0.381. The van der Waals surface area contributed by atoms with Crippen LogP contribution in [0.15, 0.2) is 42.6 Å². The molecule has 2 unspecified atom stereocenters. The number of ether oxygens (including phenoxy) is 1. The van der Waals surface area contributed by atoms with Gasteiger partial charge in [0.15, 0.2) is 5.65 Å². The first-order valence-corrected chi connectivity index (χ1v) is 10.5. The first-order valence-electron chi connectivity index (χ1n) is 9.65. The third-order valence-electron chi connectivity index (χ3n) is 5.60. The molecular weight excluding hydrogens is 372 g/mol. The summed E-state index contributed by atoms with van der Waals surface area (Å²) >= 11 is 1.50. The minimum Gasteiger partial charge on any atom is -0.431 e. The van der Waals surface area contributed by atoms with Crippen LogP contribution in [0.2, 0.25) is 0 Å². The number of nitrogens with zero attached hydrogens (tertiary/aromatic N) is 4. The van der Waals surface area contributed by atoms with Crippen molar-refractivity contribution in [1.82, 2.24) is 19.8 Å². The Labute approximate surface area is 167 Å². The van der Waals surface area contributed by atoms with E-state index in [9.17, 15) is 4.79 Å². The topological polar surface area (TPSA) is 58.6 Å². The highest BCUT2D eigenvalue weighted by Gasteiger charge is 2.40. The van der Waals surface area contributed by atoms with Gasteiger partial charge >= 0.3 is 0 Å².